The molecular weight excluding hydrogens is 773 g/mol. The number of aromatic amines is 1. The average molecular weight is 823 g/mol. The van der Waals surface area contributed by atoms with Crippen molar-refractivity contribution in [2.24, 2.45) is 5.92 Å². The molecule has 9 rings (SSSR count). The molecule has 4 heterocycles. The highest BCUT2D eigenvalue weighted by Gasteiger charge is 2.37. The summed E-state index contributed by atoms with van der Waals surface area (Å²) in [7, 11) is 0. The standard InChI is InChI=1S/C49H50N4O8/c54-42-17-15-40(41-16-18-45(56)51-47(41)42)43(55)28-50-22-19-32-7-4-8-33(25-32)31-60-48(57)38-13-5-9-34(26-38)30-59-39-14-6-12-37(27-39)46(36-10-2-1-3-11-36)52-49(58)61-44-29-53-23-20-35(44)21-24-53/h1-18,25-27,35,43-44,46,50,54-55H,19-24,28-31H2,(H,51,56)(H,52,58)/t43-,44+,46?/m1/s1. The molecule has 61 heavy (non-hydrogen) atoms. The molecule has 1 amide bonds. The van der Waals surface area contributed by atoms with E-state index >= 15 is 0 Å². The van der Waals surface area contributed by atoms with Crippen LogP contribution in [0.2, 0.25) is 0 Å². The average Bonchev–Trinajstić information content (AvgIpc) is 3.29. The molecule has 6 aromatic rings. The second-order valence-corrected chi connectivity index (χ2v) is 15.8. The Balaban J connectivity index is 0.822. The van der Waals surface area contributed by atoms with Gasteiger partial charge in [-0.2, -0.15) is 0 Å². The predicted molar refractivity (Wildman–Crippen MR) is 231 cm³/mol. The molecule has 5 N–H and O–H groups in total. The summed E-state index contributed by atoms with van der Waals surface area (Å²) in [5.41, 5.74) is 5.45. The Labute approximate surface area is 354 Å². The lowest BCUT2D eigenvalue weighted by molar-refractivity contribution is -0.0336. The Hall–Kier alpha value is -6.47. The molecule has 0 saturated carbocycles. The second kappa shape index (κ2) is 19.3. The first-order valence-corrected chi connectivity index (χ1v) is 20.8. The van der Waals surface area contributed by atoms with Gasteiger partial charge in [0.05, 0.1) is 23.2 Å². The highest BCUT2D eigenvalue weighted by molar-refractivity contribution is 5.89. The first-order valence-electron chi connectivity index (χ1n) is 20.8. The molecule has 2 bridgehead atoms. The lowest BCUT2D eigenvalue weighted by Gasteiger charge is -2.43. The number of aliphatic hydroxyl groups excluding tert-OH is 1. The third-order valence-electron chi connectivity index (χ3n) is 11.6. The highest BCUT2D eigenvalue weighted by Crippen LogP contribution is 2.31. The summed E-state index contributed by atoms with van der Waals surface area (Å²) in [6.45, 7) is 4.11. The number of aromatic nitrogens is 1. The van der Waals surface area contributed by atoms with E-state index in [9.17, 15) is 24.6 Å². The van der Waals surface area contributed by atoms with Crippen LogP contribution in [0.4, 0.5) is 4.79 Å². The minimum atomic E-state index is -0.852. The first kappa shape index (κ1) is 41.3. The Bertz CT molecular complexity index is 2520. The smallest absolute Gasteiger partial charge is 0.408 e. The molecule has 3 aliphatic heterocycles. The van der Waals surface area contributed by atoms with E-state index in [1.165, 1.54) is 12.1 Å². The number of ether oxygens (including phenoxy) is 3. The first-order chi connectivity index (χ1) is 29.8. The lowest BCUT2D eigenvalue weighted by atomic mass is 9.86. The van der Waals surface area contributed by atoms with E-state index in [0.29, 0.717) is 46.7 Å². The van der Waals surface area contributed by atoms with Gasteiger partial charge in [0.15, 0.2) is 0 Å². The maximum Gasteiger partial charge on any atom is 0.408 e. The molecule has 0 spiro atoms. The summed E-state index contributed by atoms with van der Waals surface area (Å²) >= 11 is 0. The highest BCUT2D eigenvalue weighted by atomic mass is 16.6. The topological polar surface area (TPSA) is 162 Å². The molecule has 12 nitrogen and oxygen atoms in total. The molecule has 5 aromatic carbocycles. The molecular formula is C49H50N4O8. The number of phenols is 1. The molecule has 3 fully saturated rings. The van der Waals surface area contributed by atoms with Crippen molar-refractivity contribution in [2.75, 3.05) is 32.7 Å². The number of esters is 1. The zero-order valence-corrected chi connectivity index (χ0v) is 33.8. The van der Waals surface area contributed by atoms with Gasteiger partial charge in [0.25, 0.3) is 0 Å². The SMILES string of the molecule is O=C(NC(c1ccccc1)c1cccc(OCc2cccc(C(=O)OCc3cccc(CCNC[C@@H](O)c4ccc(O)c5[nH]c(=O)ccc45)c3)c2)c1)O[C@H]1CN2CCC1CC2. The molecule has 3 atom stereocenters. The van der Waals surface area contributed by atoms with Crippen LogP contribution < -0.4 is 20.9 Å². The van der Waals surface area contributed by atoms with Gasteiger partial charge in [0, 0.05) is 24.5 Å². The number of aliphatic hydroxyl groups is 1. The number of pyridine rings is 1. The fraction of sp³-hybridized carbons (Fsp3) is 0.286. The number of hydrogen-bond acceptors (Lipinski definition) is 10. The number of benzene rings is 5. The molecule has 0 radical (unpaired) electrons. The number of fused-ring (bicyclic) bond motifs is 4. The van der Waals surface area contributed by atoms with Crippen LogP contribution in [0, 0.1) is 5.92 Å². The number of alkyl carbamates (subject to hydrolysis) is 1. The van der Waals surface area contributed by atoms with Crippen LogP contribution in [0.15, 0.2) is 132 Å². The molecule has 0 aliphatic carbocycles. The molecule has 12 heteroatoms. The van der Waals surface area contributed by atoms with Crippen molar-refractivity contribution in [3.8, 4) is 11.5 Å². The van der Waals surface area contributed by atoms with Gasteiger partial charge >= 0.3 is 12.1 Å². The predicted octanol–water partition coefficient (Wildman–Crippen LogP) is 6.95. The number of aromatic hydroxyl groups is 1. The van der Waals surface area contributed by atoms with E-state index in [1.54, 1.807) is 30.3 Å². The number of piperidine rings is 3. The number of carbonyl (C=O) groups excluding carboxylic acids is 2. The fourth-order valence-electron chi connectivity index (χ4n) is 8.32. The number of hydrogen-bond donors (Lipinski definition) is 5. The summed E-state index contributed by atoms with van der Waals surface area (Å²) in [4.78, 5) is 43.2. The summed E-state index contributed by atoms with van der Waals surface area (Å²) in [6.07, 6.45) is 1.42. The van der Waals surface area contributed by atoms with E-state index in [0.717, 1.165) is 60.3 Å². The van der Waals surface area contributed by atoms with Gasteiger partial charge in [-0.15, -0.1) is 0 Å². The maximum absolute atomic E-state index is 13.3. The second-order valence-electron chi connectivity index (χ2n) is 15.8. The van der Waals surface area contributed by atoms with Crippen molar-refractivity contribution in [2.45, 2.75) is 50.7 Å². The van der Waals surface area contributed by atoms with E-state index < -0.39 is 24.2 Å². The van der Waals surface area contributed by atoms with Crippen LogP contribution in [0.3, 0.4) is 0 Å². The minimum Gasteiger partial charge on any atom is -0.506 e. The minimum absolute atomic E-state index is 0.0534. The van der Waals surface area contributed by atoms with Crippen molar-refractivity contribution in [1.82, 2.24) is 20.5 Å². The molecule has 3 saturated heterocycles. The van der Waals surface area contributed by atoms with E-state index in [1.807, 2.05) is 84.9 Å². The zero-order chi connectivity index (χ0) is 42.1. The van der Waals surface area contributed by atoms with E-state index in [2.05, 4.69) is 20.5 Å². The third-order valence-corrected chi connectivity index (χ3v) is 11.6. The van der Waals surface area contributed by atoms with Crippen LogP contribution in [0.25, 0.3) is 10.9 Å². The van der Waals surface area contributed by atoms with Gasteiger partial charge in [0.1, 0.15) is 30.8 Å². The van der Waals surface area contributed by atoms with Crippen molar-refractivity contribution in [3.63, 3.8) is 0 Å². The van der Waals surface area contributed by atoms with Gasteiger partial charge in [-0.25, -0.2) is 9.59 Å². The Morgan fingerprint density at radius 2 is 1.56 bits per heavy atom. The number of phenolic OH excluding ortho intramolecular Hbond substituents is 1. The monoisotopic (exact) mass is 822 g/mol. The summed E-state index contributed by atoms with van der Waals surface area (Å²) in [6, 6.07) is 38.1. The number of nitrogens with zero attached hydrogens (tertiary/aromatic N) is 1. The van der Waals surface area contributed by atoms with Crippen molar-refractivity contribution >= 4 is 23.0 Å². The van der Waals surface area contributed by atoms with Crippen LogP contribution >= 0.6 is 0 Å². The molecule has 314 valence electrons. The third kappa shape index (κ3) is 10.5. The summed E-state index contributed by atoms with van der Waals surface area (Å²) < 4.78 is 17.9. The largest absolute Gasteiger partial charge is 0.506 e. The molecule has 1 aromatic heterocycles. The number of H-pyrrole nitrogens is 1. The van der Waals surface area contributed by atoms with Crippen molar-refractivity contribution in [3.05, 3.63) is 177 Å². The van der Waals surface area contributed by atoms with Gasteiger partial charge in [-0.3, -0.25) is 9.69 Å². The number of amides is 1. The molecule has 1 unspecified atom stereocenters. The van der Waals surface area contributed by atoms with E-state index in [-0.39, 0.29) is 37.2 Å². The Morgan fingerprint density at radius 3 is 2.36 bits per heavy atom. The number of carbonyl (C=O) groups is 2. The van der Waals surface area contributed by atoms with Crippen LogP contribution in [-0.2, 0) is 29.1 Å². The quantitative estimate of drug-likeness (QED) is 0.0511. The van der Waals surface area contributed by atoms with Crippen LogP contribution in [-0.4, -0.2) is 71.0 Å². The summed E-state index contributed by atoms with van der Waals surface area (Å²) in [5.74, 6) is 0.530. The Kier molecular flexibility index (Phi) is 13.0. The van der Waals surface area contributed by atoms with Crippen LogP contribution in [0.5, 0.6) is 11.5 Å². The lowest BCUT2D eigenvalue weighted by Crippen LogP contribution is -2.52. The normalized spacial score (nSPS) is 18.0. The van der Waals surface area contributed by atoms with E-state index in [4.69, 9.17) is 14.2 Å². The maximum atomic E-state index is 13.3. The van der Waals surface area contributed by atoms with Crippen LogP contribution in [0.1, 0.15) is 68.7 Å². The zero-order valence-electron chi connectivity index (χ0n) is 33.8. The fourth-order valence-corrected chi connectivity index (χ4v) is 8.32. The van der Waals surface area contributed by atoms with Gasteiger partial charge in [0.2, 0.25) is 5.56 Å². The van der Waals surface area contributed by atoms with Crippen molar-refractivity contribution < 1.29 is 34.0 Å². The summed E-state index contributed by atoms with van der Waals surface area (Å²) in [5, 5.41) is 28.0. The van der Waals surface area contributed by atoms with Gasteiger partial charge in [-0.1, -0.05) is 84.9 Å². The molecule has 3 aliphatic rings. The number of nitrogens with one attached hydrogen (secondary N) is 3. The van der Waals surface area contributed by atoms with Crippen molar-refractivity contribution in [1.29, 1.82) is 0 Å². The Morgan fingerprint density at radius 1 is 0.803 bits per heavy atom. The van der Waals surface area contributed by atoms with Gasteiger partial charge in [-0.05, 0) is 115 Å². The van der Waals surface area contributed by atoms with Gasteiger partial charge < -0.3 is 40.0 Å². The number of rotatable bonds is 16.